The molecular formula is C17H25N5O5. The third-order valence-electron chi connectivity index (χ3n) is 3.25. The van der Waals surface area contributed by atoms with Crippen LogP contribution in [0.5, 0.6) is 11.8 Å². The number of benzene rings is 1. The van der Waals surface area contributed by atoms with Crippen LogP contribution < -0.4 is 14.5 Å². The van der Waals surface area contributed by atoms with Crippen LogP contribution in [0, 0.1) is 0 Å². The van der Waals surface area contributed by atoms with E-state index in [9.17, 15) is 0 Å². The van der Waals surface area contributed by atoms with E-state index in [2.05, 4.69) is 15.0 Å². The Bertz CT molecular complexity index is 630. The van der Waals surface area contributed by atoms with Gasteiger partial charge in [-0.25, -0.2) is 0 Å². The molecule has 0 unspecified atom stereocenters. The summed E-state index contributed by atoms with van der Waals surface area (Å²) < 4.78 is 26.6. The molecule has 10 nitrogen and oxygen atoms in total. The van der Waals surface area contributed by atoms with Gasteiger partial charge in [0.05, 0.1) is 0 Å². The summed E-state index contributed by atoms with van der Waals surface area (Å²) in [5.74, 6) is 1.29. The third-order valence-corrected chi connectivity index (χ3v) is 3.25. The van der Waals surface area contributed by atoms with Gasteiger partial charge in [0, 0.05) is 28.4 Å². The Balaban J connectivity index is 2.41. The second-order valence-electron chi connectivity index (χ2n) is 5.38. The van der Waals surface area contributed by atoms with Gasteiger partial charge in [-0.3, -0.25) is 9.80 Å². The zero-order valence-corrected chi connectivity index (χ0v) is 16.0. The molecule has 10 heteroatoms. The Labute approximate surface area is 158 Å². The summed E-state index contributed by atoms with van der Waals surface area (Å²) >= 11 is 0. The highest BCUT2D eigenvalue weighted by molar-refractivity contribution is 5.40. The van der Waals surface area contributed by atoms with Gasteiger partial charge in [0.25, 0.3) is 0 Å². The fourth-order valence-electron chi connectivity index (χ4n) is 2.19. The van der Waals surface area contributed by atoms with Gasteiger partial charge in [0.1, 0.15) is 32.7 Å². The number of rotatable bonds is 12. The largest absolute Gasteiger partial charge is 0.424 e. The Morgan fingerprint density at radius 1 is 0.667 bits per heavy atom. The second kappa shape index (κ2) is 11.2. The second-order valence-corrected chi connectivity index (χ2v) is 5.38. The summed E-state index contributed by atoms with van der Waals surface area (Å²) in [6, 6.07) is 9.39. The van der Waals surface area contributed by atoms with Crippen molar-refractivity contribution in [2.75, 3.05) is 65.2 Å². The molecule has 27 heavy (non-hydrogen) atoms. The van der Waals surface area contributed by atoms with E-state index in [1.807, 2.05) is 30.3 Å². The quantitative estimate of drug-likeness (QED) is 0.507. The maximum absolute atomic E-state index is 5.79. The summed E-state index contributed by atoms with van der Waals surface area (Å²) in [5, 5.41) is 0. The lowest BCUT2D eigenvalue weighted by atomic mass is 10.3. The summed E-state index contributed by atoms with van der Waals surface area (Å²) in [7, 11) is 6.31. The number of hydrogen-bond acceptors (Lipinski definition) is 10. The van der Waals surface area contributed by atoms with Crippen molar-refractivity contribution in [1.29, 1.82) is 0 Å². The fourth-order valence-corrected chi connectivity index (χ4v) is 2.19. The van der Waals surface area contributed by atoms with Gasteiger partial charge in [0.15, 0.2) is 0 Å². The Kier molecular flexibility index (Phi) is 8.65. The van der Waals surface area contributed by atoms with Crippen molar-refractivity contribution in [2.45, 2.75) is 0 Å². The van der Waals surface area contributed by atoms with Crippen LogP contribution in [0.4, 0.5) is 11.9 Å². The van der Waals surface area contributed by atoms with Crippen LogP contribution >= 0.6 is 0 Å². The average Bonchev–Trinajstić information content (AvgIpc) is 2.68. The molecule has 0 N–H and O–H groups in total. The summed E-state index contributed by atoms with van der Waals surface area (Å²) in [6.45, 7) is 0.931. The van der Waals surface area contributed by atoms with Crippen molar-refractivity contribution in [3.05, 3.63) is 30.3 Å². The zero-order valence-electron chi connectivity index (χ0n) is 16.0. The molecule has 0 amide bonds. The highest BCUT2D eigenvalue weighted by atomic mass is 16.5. The SMILES string of the molecule is COCN(COC)c1nc(Oc2ccccc2)nc(N(COC)COC)n1. The predicted octanol–water partition coefficient (Wildman–Crippen LogP) is 1.69. The van der Waals surface area contributed by atoms with Gasteiger partial charge in [-0.1, -0.05) is 18.2 Å². The Morgan fingerprint density at radius 2 is 1.11 bits per heavy atom. The molecule has 0 aliphatic heterocycles. The predicted molar refractivity (Wildman–Crippen MR) is 98.8 cm³/mol. The lowest BCUT2D eigenvalue weighted by Crippen LogP contribution is -2.33. The minimum atomic E-state index is 0.135. The standard InChI is InChI=1S/C17H25N5O5/c1-23-10-21(11-24-2)15-18-16(22(12-25-3)13-26-4)20-17(19-15)27-14-8-6-5-7-9-14/h5-9H,10-13H2,1-4H3. The van der Waals surface area contributed by atoms with Gasteiger partial charge in [-0.15, -0.1) is 0 Å². The highest BCUT2D eigenvalue weighted by Crippen LogP contribution is 2.22. The molecule has 0 atom stereocenters. The molecule has 0 saturated carbocycles. The van der Waals surface area contributed by atoms with Gasteiger partial charge >= 0.3 is 6.01 Å². The van der Waals surface area contributed by atoms with Crippen molar-refractivity contribution in [2.24, 2.45) is 0 Å². The monoisotopic (exact) mass is 379 g/mol. The number of para-hydroxylation sites is 1. The summed E-state index contributed by atoms with van der Waals surface area (Å²) in [4.78, 5) is 16.6. The smallest absolute Gasteiger partial charge is 0.328 e. The molecule has 1 heterocycles. The minimum absolute atomic E-state index is 0.135. The van der Waals surface area contributed by atoms with Crippen LogP contribution in [0.1, 0.15) is 0 Å². The van der Waals surface area contributed by atoms with Crippen LogP contribution in [0.2, 0.25) is 0 Å². The summed E-state index contributed by atoms with van der Waals surface area (Å²) in [5.41, 5.74) is 0. The molecule has 2 aromatic rings. The number of aromatic nitrogens is 3. The number of anilines is 2. The molecule has 1 aromatic carbocycles. The first-order valence-corrected chi connectivity index (χ1v) is 8.16. The lowest BCUT2D eigenvalue weighted by molar-refractivity contribution is 0.136. The van der Waals surface area contributed by atoms with Crippen LogP contribution in [0.3, 0.4) is 0 Å². The first kappa shape index (κ1) is 20.8. The average molecular weight is 379 g/mol. The normalized spacial score (nSPS) is 10.7. The van der Waals surface area contributed by atoms with Crippen molar-refractivity contribution in [3.63, 3.8) is 0 Å². The molecule has 0 bridgehead atoms. The van der Waals surface area contributed by atoms with E-state index < -0.39 is 0 Å². The van der Waals surface area contributed by atoms with Crippen LogP contribution in [0.15, 0.2) is 30.3 Å². The van der Waals surface area contributed by atoms with Crippen LogP contribution in [-0.2, 0) is 18.9 Å². The van der Waals surface area contributed by atoms with Crippen molar-refractivity contribution < 1.29 is 23.7 Å². The molecule has 0 radical (unpaired) electrons. The highest BCUT2D eigenvalue weighted by Gasteiger charge is 2.18. The molecule has 0 aliphatic carbocycles. The van der Waals surface area contributed by atoms with E-state index in [1.54, 1.807) is 38.2 Å². The number of hydrogen-bond donors (Lipinski definition) is 0. The van der Waals surface area contributed by atoms with Crippen LogP contribution in [-0.4, -0.2) is 70.3 Å². The van der Waals surface area contributed by atoms with E-state index in [4.69, 9.17) is 23.7 Å². The molecule has 148 valence electrons. The number of nitrogens with zero attached hydrogens (tertiary/aromatic N) is 5. The van der Waals surface area contributed by atoms with E-state index in [1.165, 1.54) is 0 Å². The maximum Gasteiger partial charge on any atom is 0.328 e. The Hall–Kier alpha value is -2.53. The molecule has 0 fully saturated rings. The van der Waals surface area contributed by atoms with Crippen LogP contribution in [0.25, 0.3) is 0 Å². The maximum atomic E-state index is 5.79. The zero-order chi connectivity index (χ0) is 19.5. The minimum Gasteiger partial charge on any atom is -0.424 e. The Morgan fingerprint density at radius 3 is 1.52 bits per heavy atom. The van der Waals surface area contributed by atoms with Crippen molar-refractivity contribution in [1.82, 2.24) is 15.0 Å². The van der Waals surface area contributed by atoms with Crippen molar-refractivity contribution >= 4 is 11.9 Å². The fraction of sp³-hybridized carbons (Fsp3) is 0.471. The molecule has 2 rings (SSSR count). The topological polar surface area (TPSA) is 91.3 Å². The number of ether oxygens (including phenoxy) is 5. The first-order valence-electron chi connectivity index (χ1n) is 8.16. The van der Waals surface area contributed by atoms with E-state index >= 15 is 0 Å². The van der Waals surface area contributed by atoms with Gasteiger partial charge in [-0.2, -0.15) is 15.0 Å². The number of methoxy groups -OCH3 is 4. The first-order chi connectivity index (χ1) is 13.2. The summed E-state index contributed by atoms with van der Waals surface area (Å²) in [6.07, 6.45) is 0. The van der Waals surface area contributed by atoms with E-state index in [0.717, 1.165) is 0 Å². The van der Waals surface area contributed by atoms with E-state index in [0.29, 0.717) is 17.6 Å². The van der Waals surface area contributed by atoms with Gasteiger partial charge in [-0.05, 0) is 12.1 Å². The molecule has 0 aliphatic rings. The van der Waals surface area contributed by atoms with Gasteiger partial charge < -0.3 is 23.7 Å². The van der Waals surface area contributed by atoms with Gasteiger partial charge in [0.2, 0.25) is 11.9 Å². The molecule has 1 aromatic heterocycles. The molecule has 0 spiro atoms. The van der Waals surface area contributed by atoms with E-state index in [-0.39, 0.29) is 32.9 Å². The molecular weight excluding hydrogens is 354 g/mol. The third kappa shape index (κ3) is 6.29. The van der Waals surface area contributed by atoms with Crippen molar-refractivity contribution in [3.8, 4) is 11.8 Å². The molecule has 0 saturated heterocycles. The lowest BCUT2D eigenvalue weighted by Gasteiger charge is -2.24.